The van der Waals surface area contributed by atoms with Gasteiger partial charge in [-0.05, 0) is 49.4 Å². The van der Waals surface area contributed by atoms with Gasteiger partial charge < -0.3 is 10.0 Å². The average Bonchev–Trinajstić information content (AvgIpc) is 2.26. The molecule has 0 aliphatic carbocycles. The summed E-state index contributed by atoms with van der Waals surface area (Å²) in [6.45, 7) is 10.9. The Balaban J connectivity index is 3.12. The summed E-state index contributed by atoms with van der Waals surface area (Å²) in [6.07, 6.45) is 0. The standard InChI is InChI=1S/C15H25NO/c1-10(2)15(9-17)16(6)14-8-7-11(3)12(4)13(14)5/h7-8,10,15,17H,9H2,1-6H3. The van der Waals surface area contributed by atoms with Crippen molar-refractivity contribution in [3.05, 3.63) is 28.8 Å². The van der Waals surface area contributed by atoms with E-state index in [1.54, 1.807) is 0 Å². The number of likely N-dealkylation sites (N-methyl/N-ethyl adjacent to an activating group) is 1. The van der Waals surface area contributed by atoms with Crippen LogP contribution in [-0.2, 0) is 0 Å². The molecule has 1 unspecified atom stereocenters. The molecule has 17 heavy (non-hydrogen) atoms. The van der Waals surface area contributed by atoms with Crippen molar-refractivity contribution >= 4 is 5.69 Å². The Morgan fingerprint density at radius 2 is 1.71 bits per heavy atom. The fraction of sp³-hybridized carbons (Fsp3) is 0.600. The molecule has 0 aromatic heterocycles. The molecule has 0 radical (unpaired) electrons. The van der Waals surface area contributed by atoms with E-state index in [0.29, 0.717) is 5.92 Å². The third-order valence-corrected chi connectivity index (χ3v) is 3.86. The van der Waals surface area contributed by atoms with Crippen molar-refractivity contribution in [2.24, 2.45) is 5.92 Å². The number of anilines is 1. The van der Waals surface area contributed by atoms with Crippen molar-refractivity contribution in [1.82, 2.24) is 0 Å². The number of aliphatic hydroxyl groups excluding tert-OH is 1. The Morgan fingerprint density at radius 1 is 1.12 bits per heavy atom. The molecule has 96 valence electrons. The summed E-state index contributed by atoms with van der Waals surface area (Å²) in [5.74, 6) is 0.436. The maximum atomic E-state index is 9.50. The van der Waals surface area contributed by atoms with Gasteiger partial charge in [-0.1, -0.05) is 19.9 Å². The van der Waals surface area contributed by atoms with Crippen molar-refractivity contribution in [3.8, 4) is 0 Å². The second-order valence-electron chi connectivity index (χ2n) is 5.26. The largest absolute Gasteiger partial charge is 0.394 e. The van der Waals surface area contributed by atoms with Crippen LogP contribution in [0.3, 0.4) is 0 Å². The highest BCUT2D eigenvalue weighted by molar-refractivity contribution is 5.58. The molecular formula is C15H25NO. The van der Waals surface area contributed by atoms with Gasteiger partial charge in [-0.25, -0.2) is 0 Å². The van der Waals surface area contributed by atoms with Crippen molar-refractivity contribution in [2.75, 3.05) is 18.6 Å². The number of rotatable bonds is 4. The minimum absolute atomic E-state index is 0.177. The molecule has 0 spiro atoms. The first kappa shape index (κ1) is 14.0. The molecule has 0 aliphatic heterocycles. The van der Waals surface area contributed by atoms with E-state index in [9.17, 15) is 5.11 Å². The normalized spacial score (nSPS) is 12.9. The number of hydrogen-bond donors (Lipinski definition) is 1. The Labute approximate surface area is 105 Å². The van der Waals surface area contributed by atoms with Crippen LogP contribution in [0.1, 0.15) is 30.5 Å². The zero-order valence-electron chi connectivity index (χ0n) is 11.9. The summed E-state index contributed by atoms with van der Waals surface area (Å²) in [4.78, 5) is 2.20. The summed E-state index contributed by atoms with van der Waals surface area (Å²) >= 11 is 0. The van der Waals surface area contributed by atoms with Crippen molar-refractivity contribution in [3.63, 3.8) is 0 Å². The van der Waals surface area contributed by atoms with Crippen LogP contribution in [0.25, 0.3) is 0 Å². The molecule has 1 aromatic rings. The maximum absolute atomic E-state index is 9.50. The second-order valence-corrected chi connectivity index (χ2v) is 5.26. The third kappa shape index (κ3) is 2.81. The highest BCUT2D eigenvalue weighted by atomic mass is 16.3. The lowest BCUT2D eigenvalue weighted by molar-refractivity contribution is 0.234. The fourth-order valence-corrected chi connectivity index (χ4v) is 2.28. The highest BCUT2D eigenvalue weighted by Gasteiger charge is 2.19. The number of benzene rings is 1. The van der Waals surface area contributed by atoms with Gasteiger partial charge in [0.25, 0.3) is 0 Å². The molecule has 1 rings (SSSR count). The Morgan fingerprint density at radius 3 is 2.18 bits per heavy atom. The van der Waals surface area contributed by atoms with E-state index in [-0.39, 0.29) is 12.6 Å². The number of nitrogens with zero attached hydrogens (tertiary/aromatic N) is 1. The van der Waals surface area contributed by atoms with E-state index in [1.807, 2.05) is 0 Å². The summed E-state index contributed by atoms with van der Waals surface area (Å²) in [7, 11) is 2.07. The predicted molar refractivity (Wildman–Crippen MR) is 74.8 cm³/mol. The molecule has 2 nitrogen and oxygen atoms in total. The van der Waals surface area contributed by atoms with Crippen LogP contribution in [0.4, 0.5) is 5.69 Å². The summed E-state index contributed by atoms with van der Waals surface area (Å²) in [6, 6.07) is 4.49. The van der Waals surface area contributed by atoms with Gasteiger partial charge in [0.1, 0.15) is 0 Å². The van der Waals surface area contributed by atoms with Crippen LogP contribution in [0.2, 0.25) is 0 Å². The van der Waals surface area contributed by atoms with Gasteiger partial charge in [-0.2, -0.15) is 0 Å². The first-order chi connectivity index (χ1) is 7.90. The third-order valence-electron chi connectivity index (χ3n) is 3.86. The topological polar surface area (TPSA) is 23.5 Å². The van der Waals surface area contributed by atoms with Crippen molar-refractivity contribution in [1.29, 1.82) is 0 Å². The van der Waals surface area contributed by atoms with Gasteiger partial charge in [0, 0.05) is 12.7 Å². The number of aryl methyl sites for hydroxylation is 1. The van der Waals surface area contributed by atoms with E-state index < -0.39 is 0 Å². The highest BCUT2D eigenvalue weighted by Crippen LogP contribution is 2.27. The molecule has 2 heteroatoms. The lowest BCUT2D eigenvalue weighted by atomic mass is 9.98. The summed E-state index contributed by atoms with van der Waals surface area (Å²) in [5.41, 5.74) is 5.20. The van der Waals surface area contributed by atoms with Gasteiger partial charge in [0.2, 0.25) is 0 Å². The Hall–Kier alpha value is -1.02. The molecule has 1 N–H and O–H groups in total. The lowest BCUT2D eigenvalue weighted by Gasteiger charge is -2.33. The molecular weight excluding hydrogens is 210 g/mol. The van der Waals surface area contributed by atoms with Gasteiger partial charge in [0.05, 0.1) is 12.6 Å². The van der Waals surface area contributed by atoms with Gasteiger partial charge in [-0.15, -0.1) is 0 Å². The van der Waals surface area contributed by atoms with Crippen LogP contribution < -0.4 is 4.90 Å². The monoisotopic (exact) mass is 235 g/mol. The van der Waals surface area contributed by atoms with E-state index in [4.69, 9.17) is 0 Å². The second kappa shape index (κ2) is 5.54. The van der Waals surface area contributed by atoms with E-state index in [1.165, 1.54) is 22.4 Å². The zero-order valence-corrected chi connectivity index (χ0v) is 11.9. The molecule has 1 atom stereocenters. The minimum Gasteiger partial charge on any atom is -0.394 e. The van der Waals surface area contributed by atoms with Crippen LogP contribution >= 0.6 is 0 Å². The van der Waals surface area contributed by atoms with Gasteiger partial charge >= 0.3 is 0 Å². The molecule has 0 saturated heterocycles. The minimum atomic E-state index is 0.177. The molecule has 0 aliphatic rings. The predicted octanol–water partition coefficient (Wildman–Crippen LogP) is 3.06. The molecule has 0 amide bonds. The van der Waals surface area contributed by atoms with Crippen LogP contribution in [0.15, 0.2) is 12.1 Å². The zero-order chi connectivity index (χ0) is 13.2. The summed E-state index contributed by atoms with van der Waals surface area (Å²) < 4.78 is 0. The maximum Gasteiger partial charge on any atom is 0.0637 e. The SMILES string of the molecule is Cc1ccc(N(C)C(CO)C(C)C)c(C)c1C. The van der Waals surface area contributed by atoms with Crippen LogP contribution in [0, 0.1) is 26.7 Å². The number of hydrogen-bond acceptors (Lipinski definition) is 2. The first-order valence-electron chi connectivity index (χ1n) is 6.30. The molecule has 0 bridgehead atoms. The smallest absolute Gasteiger partial charge is 0.0637 e. The Kier molecular flexibility index (Phi) is 4.58. The van der Waals surface area contributed by atoms with Crippen molar-refractivity contribution < 1.29 is 5.11 Å². The quantitative estimate of drug-likeness (QED) is 0.867. The molecule has 0 heterocycles. The number of aliphatic hydroxyl groups is 1. The van der Waals surface area contributed by atoms with Gasteiger partial charge in [0.15, 0.2) is 0 Å². The van der Waals surface area contributed by atoms with Crippen LogP contribution in [0.5, 0.6) is 0 Å². The van der Waals surface area contributed by atoms with Gasteiger partial charge in [-0.3, -0.25) is 0 Å². The first-order valence-corrected chi connectivity index (χ1v) is 6.30. The summed E-state index contributed by atoms with van der Waals surface area (Å²) in [5, 5.41) is 9.50. The molecule has 0 fully saturated rings. The average molecular weight is 235 g/mol. The lowest BCUT2D eigenvalue weighted by Crippen LogP contribution is -2.39. The van der Waals surface area contributed by atoms with Crippen molar-refractivity contribution in [2.45, 2.75) is 40.7 Å². The van der Waals surface area contributed by atoms with E-state index in [0.717, 1.165) is 0 Å². The van der Waals surface area contributed by atoms with E-state index in [2.05, 4.69) is 58.7 Å². The van der Waals surface area contributed by atoms with E-state index >= 15 is 0 Å². The fourth-order valence-electron chi connectivity index (χ4n) is 2.28. The molecule has 1 aromatic carbocycles. The molecule has 0 saturated carbocycles. The van der Waals surface area contributed by atoms with Crippen LogP contribution in [-0.4, -0.2) is 24.8 Å². The Bertz CT molecular complexity index is 385.